The Labute approximate surface area is 188 Å². The van der Waals surface area contributed by atoms with Gasteiger partial charge in [-0.15, -0.1) is 0 Å². The monoisotopic (exact) mass is 426 g/mol. The van der Waals surface area contributed by atoms with E-state index in [2.05, 4.69) is 6.92 Å². The number of hydrogen-bond donors (Lipinski definition) is 0. The Morgan fingerprint density at radius 1 is 0.806 bits per heavy atom. The van der Waals surface area contributed by atoms with Crippen LogP contribution in [-0.2, 0) is 14.3 Å². The molecule has 0 N–H and O–H groups in total. The maximum Gasteiger partial charge on any atom is 0.338 e. The zero-order valence-electron chi connectivity index (χ0n) is 19.3. The summed E-state index contributed by atoms with van der Waals surface area (Å²) < 4.78 is 10.1. The van der Waals surface area contributed by atoms with Crippen molar-refractivity contribution < 1.29 is 19.1 Å². The Balaban J connectivity index is 0.000000582. The average Bonchev–Trinajstić information content (AvgIpc) is 2.79. The Morgan fingerprint density at radius 3 is 1.94 bits per heavy atom. The van der Waals surface area contributed by atoms with Crippen molar-refractivity contribution in [3.05, 3.63) is 84.5 Å². The molecule has 0 atom stereocenters. The van der Waals surface area contributed by atoms with Crippen molar-refractivity contribution in [2.24, 2.45) is 0 Å². The molecule has 0 aliphatic heterocycles. The molecule has 0 heterocycles. The van der Waals surface area contributed by atoms with E-state index in [0.717, 1.165) is 32.1 Å². The smallest absolute Gasteiger partial charge is 0.338 e. The summed E-state index contributed by atoms with van der Waals surface area (Å²) in [6.07, 6.45) is 21.0. The van der Waals surface area contributed by atoms with Gasteiger partial charge in [0.1, 0.15) is 0 Å². The largest absolute Gasteiger partial charge is 0.465 e. The van der Waals surface area contributed by atoms with Crippen LogP contribution < -0.4 is 0 Å². The van der Waals surface area contributed by atoms with Crippen molar-refractivity contribution in [3.8, 4) is 0 Å². The van der Waals surface area contributed by atoms with Crippen molar-refractivity contribution >= 4 is 11.9 Å². The van der Waals surface area contributed by atoms with Gasteiger partial charge in [-0.3, -0.25) is 4.79 Å². The predicted molar refractivity (Wildman–Crippen MR) is 129 cm³/mol. The first-order valence-corrected chi connectivity index (χ1v) is 11.1. The summed E-state index contributed by atoms with van der Waals surface area (Å²) in [5.74, 6) is -0.331. The summed E-state index contributed by atoms with van der Waals surface area (Å²) in [7, 11) is 0. The minimum Gasteiger partial charge on any atom is -0.465 e. The Hall–Kier alpha value is -2.88. The van der Waals surface area contributed by atoms with Crippen LogP contribution in [0.15, 0.2) is 78.9 Å². The lowest BCUT2D eigenvalue weighted by atomic mass is 10.2. The first-order valence-electron chi connectivity index (χ1n) is 11.1. The number of ether oxygens (including phenoxy) is 2. The van der Waals surface area contributed by atoms with Crippen molar-refractivity contribution in [1.29, 1.82) is 0 Å². The number of esters is 2. The van der Waals surface area contributed by atoms with E-state index in [-0.39, 0.29) is 11.9 Å². The highest BCUT2D eigenvalue weighted by atomic mass is 16.5. The molecular formula is C27H38O4. The quantitative estimate of drug-likeness (QED) is 0.194. The molecule has 0 spiro atoms. The van der Waals surface area contributed by atoms with Crippen molar-refractivity contribution in [2.45, 2.75) is 59.3 Å². The van der Waals surface area contributed by atoms with Gasteiger partial charge < -0.3 is 9.47 Å². The highest BCUT2D eigenvalue weighted by Crippen LogP contribution is 2.02. The van der Waals surface area contributed by atoms with E-state index in [9.17, 15) is 9.59 Å². The van der Waals surface area contributed by atoms with Gasteiger partial charge in [0.2, 0.25) is 0 Å². The molecule has 4 nitrogen and oxygen atoms in total. The van der Waals surface area contributed by atoms with Gasteiger partial charge in [0.15, 0.2) is 0 Å². The zero-order valence-corrected chi connectivity index (χ0v) is 19.3. The van der Waals surface area contributed by atoms with Crippen LogP contribution in [0.1, 0.15) is 69.7 Å². The van der Waals surface area contributed by atoms with Crippen LogP contribution in [0, 0.1) is 0 Å². The van der Waals surface area contributed by atoms with E-state index < -0.39 is 0 Å². The van der Waals surface area contributed by atoms with Crippen molar-refractivity contribution in [1.82, 2.24) is 0 Å². The van der Waals surface area contributed by atoms with Gasteiger partial charge in [-0.1, -0.05) is 86.6 Å². The number of hydrogen-bond acceptors (Lipinski definition) is 4. The molecule has 4 heteroatoms. The summed E-state index contributed by atoms with van der Waals surface area (Å²) in [5.41, 5.74) is 0.597. The van der Waals surface area contributed by atoms with Crippen LogP contribution >= 0.6 is 0 Å². The van der Waals surface area contributed by atoms with E-state index in [4.69, 9.17) is 9.47 Å². The number of allylic oxidation sites excluding steroid dienone is 6. The fourth-order valence-electron chi connectivity index (χ4n) is 2.28. The van der Waals surface area contributed by atoms with Gasteiger partial charge in [0.25, 0.3) is 0 Å². The molecule has 0 aromatic heterocycles. The molecule has 170 valence electrons. The maximum atomic E-state index is 11.5. The molecule has 0 radical (unpaired) electrons. The highest BCUT2D eigenvalue weighted by Gasteiger charge is 2.04. The second-order valence-electron chi connectivity index (χ2n) is 6.66. The van der Waals surface area contributed by atoms with E-state index in [0.29, 0.717) is 25.2 Å². The lowest BCUT2D eigenvalue weighted by molar-refractivity contribution is -0.143. The topological polar surface area (TPSA) is 52.6 Å². The molecule has 0 saturated carbocycles. The van der Waals surface area contributed by atoms with Crippen LogP contribution in [0.4, 0.5) is 0 Å². The minimum atomic E-state index is -0.264. The van der Waals surface area contributed by atoms with Gasteiger partial charge in [-0.05, 0) is 45.2 Å². The molecule has 31 heavy (non-hydrogen) atoms. The van der Waals surface area contributed by atoms with E-state index in [1.54, 1.807) is 12.1 Å². The van der Waals surface area contributed by atoms with E-state index in [1.165, 1.54) is 0 Å². The predicted octanol–water partition coefficient (Wildman–Crippen LogP) is 7.00. The zero-order chi connectivity index (χ0) is 23.0. The van der Waals surface area contributed by atoms with E-state index in [1.807, 2.05) is 80.7 Å². The molecule has 1 rings (SSSR count). The molecule has 1 aromatic carbocycles. The Bertz CT molecular complexity index is 684. The fourth-order valence-corrected chi connectivity index (χ4v) is 2.28. The number of unbranched alkanes of at least 4 members (excludes halogenated alkanes) is 2. The SMILES string of the molecule is C/C=C/C=C\CCOC(=O)CCCCC.C/C=C/C=C\CCOC(=O)c1ccccc1. The Morgan fingerprint density at radius 2 is 1.39 bits per heavy atom. The molecule has 0 bridgehead atoms. The van der Waals surface area contributed by atoms with Gasteiger partial charge in [-0.25, -0.2) is 4.79 Å². The summed E-state index contributed by atoms with van der Waals surface area (Å²) in [6.45, 7) is 6.97. The standard InChI is InChI=1S/C14H16O2.C13H22O2/c1-2-3-4-5-9-12-16-14(15)13-10-7-6-8-11-13;1-3-5-7-8-10-12-15-13(14)11-9-6-4-2/h2-8,10-11H,9,12H2,1H3;3,5,7-8H,4,6,9-12H2,1-2H3/b3-2+,5-4-;5-3+,8-7-. The number of carbonyl (C=O) groups excluding carboxylic acids is 2. The first kappa shape index (κ1) is 28.1. The molecule has 0 fully saturated rings. The second kappa shape index (κ2) is 21.8. The van der Waals surface area contributed by atoms with Crippen molar-refractivity contribution in [2.75, 3.05) is 13.2 Å². The number of carbonyl (C=O) groups is 2. The van der Waals surface area contributed by atoms with E-state index >= 15 is 0 Å². The average molecular weight is 427 g/mol. The molecule has 0 saturated heterocycles. The molecule has 0 amide bonds. The lowest BCUT2D eigenvalue weighted by Gasteiger charge is -2.01. The van der Waals surface area contributed by atoms with Crippen molar-refractivity contribution in [3.63, 3.8) is 0 Å². The summed E-state index contributed by atoms with van der Waals surface area (Å²) in [4.78, 5) is 22.6. The molecule has 0 aliphatic rings. The van der Waals surface area contributed by atoms with Gasteiger partial charge in [0.05, 0.1) is 18.8 Å². The molecule has 1 aromatic rings. The third-order valence-corrected chi connectivity index (χ3v) is 3.94. The van der Waals surface area contributed by atoms with Gasteiger partial charge >= 0.3 is 11.9 Å². The molecule has 0 aliphatic carbocycles. The van der Waals surface area contributed by atoms with Crippen LogP contribution in [-0.4, -0.2) is 25.2 Å². The molecular weight excluding hydrogens is 388 g/mol. The van der Waals surface area contributed by atoms with Crippen LogP contribution in [0.3, 0.4) is 0 Å². The maximum absolute atomic E-state index is 11.5. The Kier molecular flexibility index (Phi) is 19.8. The normalized spacial score (nSPS) is 11.2. The van der Waals surface area contributed by atoms with Crippen LogP contribution in [0.2, 0.25) is 0 Å². The molecule has 0 unspecified atom stereocenters. The van der Waals surface area contributed by atoms with Gasteiger partial charge in [0, 0.05) is 6.42 Å². The summed E-state index contributed by atoms with van der Waals surface area (Å²) >= 11 is 0. The number of benzene rings is 1. The minimum absolute atomic E-state index is 0.0668. The number of rotatable bonds is 13. The third kappa shape index (κ3) is 18.9. The third-order valence-electron chi connectivity index (χ3n) is 3.94. The lowest BCUT2D eigenvalue weighted by Crippen LogP contribution is -2.05. The second-order valence-corrected chi connectivity index (χ2v) is 6.66. The van der Waals surface area contributed by atoms with Gasteiger partial charge in [-0.2, -0.15) is 0 Å². The summed E-state index contributed by atoms with van der Waals surface area (Å²) in [5, 5.41) is 0. The van der Waals surface area contributed by atoms with Crippen LogP contribution in [0.25, 0.3) is 0 Å². The van der Waals surface area contributed by atoms with Crippen LogP contribution in [0.5, 0.6) is 0 Å². The summed E-state index contributed by atoms with van der Waals surface area (Å²) in [6, 6.07) is 9.01. The highest BCUT2D eigenvalue weighted by molar-refractivity contribution is 5.89. The first-order chi connectivity index (χ1) is 15.2. The fraction of sp³-hybridized carbons (Fsp3) is 0.407.